The number of aliphatic carboxylic acids is 1. The number of carboxylic acid groups (broad SMARTS) is 1. The molecule has 0 spiro atoms. The molecule has 0 amide bonds. The van der Waals surface area contributed by atoms with Crippen LogP contribution in [0.5, 0.6) is 0 Å². The molecule has 3 unspecified atom stereocenters. The van der Waals surface area contributed by atoms with E-state index >= 15 is 0 Å². The second kappa shape index (κ2) is 11.8. The SMILES string of the molecule is CC1=C(/C=C/C(C)=C/C=C/C(C)=C/C(=O)O[C@@H]2OC(C(=O)O)[C@@H](O)C(O)C2O)C(C)(C)CCC1. The van der Waals surface area contributed by atoms with Gasteiger partial charge in [0.15, 0.2) is 6.10 Å². The quantitative estimate of drug-likeness (QED) is 0.250. The minimum Gasteiger partial charge on any atom is -0.479 e. The number of hydrogen-bond donors (Lipinski definition) is 4. The van der Waals surface area contributed by atoms with Crippen LogP contribution in [-0.2, 0) is 19.1 Å². The van der Waals surface area contributed by atoms with Gasteiger partial charge in [0.2, 0.25) is 6.29 Å². The average molecular weight is 477 g/mol. The fraction of sp³-hybridized carbons (Fsp3) is 0.538. The van der Waals surface area contributed by atoms with Crippen LogP contribution >= 0.6 is 0 Å². The van der Waals surface area contributed by atoms with Gasteiger partial charge < -0.3 is 29.9 Å². The predicted octanol–water partition coefficient (Wildman–Crippen LogP) is 2.95. The van der Waals surface area contributed by atoms with E-state index in [0.29, 0.717) is 5.57 Å². The number of carboxylic acids is 1. The van der Waals surface area contributed by atoms with E-state index in [1.165, 1.54) is 24.0 Å². The number of esters is 1. The van der Waals surface area contributed by atoms with Crippen molar-refractivity contribution in [2.24, 2.45) is 5.41 Å². The molecule has 2 aliphatic rings. The summed E-state index contributed by atoms with van der Waals surface area (Å²) in [5.74, 6) is -2.44. The Kier molecular flexibility index (Phi) is 9.58. The van der Waals surface area contributed by atoms with E-state index in [4.69, 9.17) is 14.6 Å². The number of ether oxygens (including phenoxy) is 2. The van der Waals surface area contributed by atoms with Crippen LogP contribution in [0.2, 0.25) is 0 Å². The monoisotopic (exact) mass is 476 g/mol. The first kappa shape index (κ1) is 27.7. The van der Waals surface area contributed by atoms with Gasteiger partial charge in [-0.3, -0.25) is 0 Å². The van der Waals surface area contributed by atoms with Crippen molar-refractivity contribution < 1.29 is 39.5 Å². The molecular formula is C26H36O8. The Hall–Kier alpha value is -2.52. The highest BCUT2D eigenvalue weighted by atomic mass is 16.7. The summed E-state index contributed by atoms with van der Waals surface area (Å²) in [5, 5.41) is 38.5. The fourth-order valence-electron chi connectivity index (χ4n) is 4.16. The van der Waals surface area contributed by atoms with Gasteiger partial charge in [-0.15, -0.1) is 0 Å². The maximum Gasteiger partial charge on any atom is 0.335 e. The summed E-state index contributed by atoms with van der Waals surface area (Å²) in [6, 6.07) is 0. The molecule has 34 heavy (non-hydrogen) atoms. The molecule has 4 N–H and O–H groups in total. The van der Waals surface area contributed by atoms with Crippen LogP contribution in [0.1, 0.15) is 53.9 Å². The zero-order chi connectivity index (χ0) is 25.6. The third-order valence-corrected chi connectivity index (χ3v) is 6.16. The maximum absolute atomic E-state index is 12.2. The molecule has 8 heteroatoms. The fourth-order valence-corrected chi connectivity index (χ4v) is 4.16. The van der Waals surface area contributed by atoms with Crippen LogP contribution in [0, 0.1) is 5.41 Å². The Balaban J connectivity index is 1.98. The maximum atomic E-state index is 12.2. The van der Waals surface area contributed by atoms with E-state index in [9.17, 15) is 24.9 Å². The van der Waals surface area contributed by atoms with Crippen LogP contribution in [0.15, 0.2) is 58.7 Å². The average Bonchev–Trinajstić information content (AvgIpc) is 2.73. The van der Waals surface area contributed by atoms with Gasteiger partial charge in [0, 0.05) is 6.08 Å². The molecule has 1 heterocycles. The molecular weight excluding hydrogens is 440 g/mol. The van der Waals surface area contributed by atoms with Crippen molar-refractivity contribution in [2.75, 3.05) is 0 Å². The first-order valence-corrected chi connectivity index (χ1v) is 11.4. The molecule has 1 aliphatic heterocycles. The van der Waals surface area contributed by atoms with Crippen molar-refractivity contribution in [3.63, 3.8) is 0 Å². The topological polar surface area (TPSA) is 134 Å². The highest BCUT2D eigenvalue weighted by molar-refractivity contribution is 5.83. The summed E-state index contributed by atoms with van der Waals surface area (Å²) < 4.78 is 9.88. The smallest absolute Gasteiger partial charge is 0.335 e. The molecule has 0 bridgehead atoms. The van der Waals surface area contributed by atoms with Crippen molar-refractivity contribution in [1.29, 1.82) is 0 Å². The highest BCUT2D eigenvalue weighted by Gasteiger charge is 2.48. The summed E-state index contributed by atoms with van der Waals surface area (Å²) in [5.41, 5.74) is 4.56. The molecule has 1 fully saturated rings. The summed E-state index contributed by atoms with van der Waals surface area (Å²) in [7, 11) is 0. The van der Waals surface area contributed by atoms with E-state index in [-0.39, 0.29) is 5.41 Å². The zero-order valence-corrected chi connectivity index (χ0v) is 20.4. The van der Waals surface area contributed by atoms with Gasteiger partial charge in [-0.25, -0.2) is 9.59 Å². The van der Waals surface area contributed by atoms with Crippen molar-refractivity contribution >= 4 is 11.9 Å². The highest BCUT2D eigenvalue weighted by Crippen LogP contribution is 2.40. The number of carbonyl (C=O) groups is 2. The predicted molar refractivity (Wildman–Crippen MR) is 127 cm³/mol. The van der Waals surface area contributed by atoms with Gasteiger partial charge in [-0.05, 0) is 56.6 Å². The van der Waals surface area contributed by atoms with Crippen molar-refractivity contribution in [3.8, 4) is 0 Å². The molecule has 2 rings (SSSR count). The van der Waals surface area contributed by atoms with Crippen LogP contribution in [0.3, 0.4) is 0 Å². The van der Waals surface area contributed by atoms with Gasteiger partial charge in [0.1, 0.15) is 18.3 Å². The van der Waals surface area contributed by atoms with Gasteiger partial charge >= 0.3 is 11.9 Å². The molecule has 0 aromatic heterocycles. The van der Waals surface area contributed by atoms with Gasteiger partial charge in [0.25, 0.3) is 0 Å². The molecule has 0 aromatic carbocycles. The Labute approximate surface area is 200 Å². The van der Waals surface area contributed by atoms with E-state index < -0.39 is 42.6 Å². The molecule has 188 valence electrons. The van der Waals surface area contributed by atoms with E-state index in [1.807, 2.05) is 13.0 Å². The second-order valence-corrected chi connectivity index (χ2v) is 9.59. The molecule has 1 saturated heterocycles. The number of aliphatic hydroxyl groups is 3. The third kappa shape index (κ3) is 7.24. The molecule has 5 atom stereocenters. The van der Waals surface area contributed by atoms with Crippen molar-refractivity contribution in [1.82, 2.24) is 0 Å². The third-order valence-electron chi connectivity index (χ3n) is 6.16. The standard InChI is InChI=1S/C26H36O8/c1-15(11-12-18-17(3)10-7-13-26(18,4)5)8-6-9-16(2)14-19(27)33-25-22(30)20(28)21(29)23(34-25)24(31)32/h6,8-9,11-12,14,20-23,25,28-30H,7,10,13H2,1-5H3,(H,31,32)/b9-6+,12-11+,15-8+,16-14+/t20?,21-,22?,23?,25+/m0/s1. The molecule has 0 saturated carbocycles. The lowest BCUT2D eigenvalue weighted by molar-refractivity contribution is -0.284. The van der Waals surface area contributed by atoms with Gasteiger partial charge in [-0.1, -0.05) is 55.4 Å². The summed E-state index contributed by atoms with van der Waals surface area (Å²) in [6.45, 7) is 10.4. The lowest BCUT2D eigenvalue weighted by Crippen LogP contribution is -2.60. The minimum absolute atomic E-state index is 0.170. The largest absolute Gasteiger partial charge is 0.479 e. The van der Waals surface area contributed by atoms with Crippen molar-refractivity contribution in [2.45, 2.75) is 84.6 Å². The lowest BCUT2D eigenvalue weighted by atomic mass is 9.72. The lowest BCUT2D eigenvalue weighted by Gasteiger charge is -2.37. The van der Waals surface area contributed by atoms with Crippen LogP contribution in [0.25, 0.3) is 0 Å². The van der Waals surface area contributed by atoms with Crippen molar-refractivity contribution in [3.05, 3.63) is 58.7 Å². The molecule has 8 nitrogen and oxygen atoms in total. The Morgan fingerprint density at radius 1 is 1.06 bits per heavy atom. The Morgan fingerprint density at radius 2 is 1.74 bits per heavy atom. The molecule has 1 aliphatic carbocycles. The first-order valence-electron chi connectivity index (χ1n) is 11.4. The zero-order valence-electron chi connectivity index (χ0n) is 20.4. The van der Waals surface area contributed by atoms with Gasteiger partial charge in [0.05, 0.1) is 0 Å². The second-order valence-electron chi connectivity index (χ2n) is 9.59. The van der Waals surface area contributed by atoms with Crippen LogP contribution in [-0.4, -0.2) is 63.1 Å². The van der Waals surface area contributed by atoms with Crippen LogP contribution in [0.4, 0.5) is 0 Å². The van der Waals surface area contributed by atoms with E-state index in [0.717, 1.165) is 18.1 Å². The Morgan fingerprint density at radius 3 is 2.35 bits per heavy atom. The van der Waals surface area contributed by atoms with E-state index in [1.54, 1.807) is 19.1 Å². The summed E-state index contributed by atoms with van der Waals surface area (Å²) in [6.07, 6.45) is 5.29. The molecule has 0 aromatic rings. The number of hydrogen-bond acceptors (Lipinski definition) is 7. The van der Waals surface area contributed by atoms with E-state index in [2.05, 4.69) is 32.9 Å². The Bertz CT molecular complexity index is 921. The summed E-state index contributed by atoms with van der Waals surface area (Å²) >= 11 is 0. The van der Waals surface area contributed by atoms with Crippen LogP contribution < -0.4 is 0 Å². The number of rotatable bonds is 7. The number of allylic oxidation sites excluding steroid dienone is 9. The normalized spacial score (nSPS) is 30.8. The summed E-state index contributed by atoms with van der Waals surface area (Å²) in [4.78, 5) is 23.3. The minimum atomic E-state index is -1.85. The number of aliphatic hydroxyl groups excluding tert-OH is 3. The van der Waals surface area contributed by atoms with Gasteiger partial charge in [-0.2, -0.15) is 0 Å². The molecule has 0 radical (unpaired) electrons. The number of carbonyl (C=O) groups excluding carboxylic acids is 1. The first-order chi connectivity index (χ1) is 15.8.